The average molecular weight is 515 g/mol. The first kappa shape index (κ1) is 24.5. The van der Waals surface area contributed by atoms with Gasteiger partial charge in [0.2, 0.25) is 5.91 Å². The number of halogens is 6. The Morgan fingerprint density at radius 3 is 2.51 bits per heavy atom. The van der Waals surface area contributed by atoms with E-state index in [2.05, 4.69) is 25.7 Å². The molecule has 14 heteroatoms. The summed E-state index contributed by atoms with van der Waals surface area (Å²) >= 11 is 5.74. The average Bonchev–Trinajstić information content (AvgIpc) is 3.18. The van der Waals surface area contributed by atoms with E-state index in [1.165, 1.54) is 36.3 Å². The van der Waals surface area contributed by atoms with Gasteiger partial charge < -0.3 is 10.6 Å². The predicted octanol–water partition coefficient (Wildman–Crippen LogP) is 4.42. The third-order valence-corrected chi connectivity index (χ3v) is 5.39. The highest BCUT2D eigenvalue weighted by molar-refractivity contribution is 6.31. The van der Waals surface area contributed by atoms with Crippen molar-refractivity contribution in [2.75, 3.05) is 5.32 Å². The van der Waals surface area contributed by atoms with Crippen molar-refractivity contribution in [2.24, 2.45) is 5.92 Å². The molecule has 3 aromatic rings. The van der Waals surface area contributed by atoms with Crippen LogP contribution < -0.4 is 10.6 Å². The van der Waals surface area contributed by atoms with Crippen LogP contribution in [0.1, 0.15) is 41.1 Å². The lowest BCUT2D eigenvalue weighted by molar-refractivity contribution is -0.137. The SMILES string of the molecule is C[C@H](NC(=O)c1cc(Cl)cc(C(F)(F)F)c1)c1ncnn1-c1ccc(NC(=O)C2CC2(F)F)cn1. The molecule has 0 spiro atoms. The molecule has 1 aliphatic carbocycles. The number of benzene rings is 1. The fraction of sp³-hybridized carbons (Fsp3) is 0.286. The van der Waals surface area contributed by atoms with Crippen LogP contribution in [0.25, 0.3) is 5.82 Å². The van der Waals surface area contributed by atoms with Crippen LogP contribution in [0.3, 0.4) is 0 Å². The first-order valence-electron chi connectivity index (χ1n) is 10.1. The molecule has 2 atom stereocenters. The summed E-state index contributed by atoms with van der Waals surface area (Å²) < 4.78 is 66.4. The summed E-state index contributed by atoms with van der Waals surface area (Å²) in [6, 6.07) is 4.57. The summed E-state index contributed by atoms with van der Waals surface area (Å²) in [6.45, 7) is 1.54. The molecule has 2 heterocycles. The molecule has 4 rings (SSSR count). The smallest absolute Gasteiger partial charge is 0.342 e. The third kappa shape index (κ3) is 5.39. The summed E-state index contributed by atoms with van der Waals surface area (Å²) in [7, 11) is 0. The number of pyridine rings is 1. The Morgan fingerprint density at radius 1 is 1.20 bits per heavy atom. The van der Waals surface area contributed by atoms with Crippen molar-refractivity contribution in [3.8, 4) is 5.82 Å². The first-order valence-corrected chi connectivity index (χ1v) is 10.5. The highest BCUT2D eigenvalue weighted by atomic mass is 35.5. The Morgan fingerprint density at radius 2 is 1.91 bits per heavy atom. The van der Waals surface area contributed by atoms with Gasteiger partial charge in [-0.1, -0.05) is 11.6 Å². The second-order valence-corrected chi connectivity index (χ2v) is 8.30. The number of nitrogens with one attached hydrogen (secondary N) is 2. The van der Waals surface area contributed by atoms with E-state index in [1.807, 2.05) is 0 Å². The van der Waals surface area contributed by atoms with E-state index >= 15 is 0 Å². The van der Waals surface area contributed by atoms with Crippen LogP contribution in [0.2, 0.25) is 5.02 Å². The summed E-state index contributed by atoms with van der Waals surface area (Å²) in [5.41, 5.74) is -1.15. The van der Waals surface area contributed by atoms with Crippen LogP contribution in [0.15, 0.2) is 42.9 Å². The molecular weight excluding hydrogens is 499 g/mol. The standard InChI is InChI=1S/C21H16ClF5N6O2/c1-10(31-18(34)11-4-12(21(25,26)27)6-13(22)5-11)17-29-9-30-33(17)16-3-2-14(8-28-16)32-19(35)15-7-20(15,23)24/h2-6,8-10,15H,7H2,1H3,(H,31,34)(H,32,35)/t10-,15?/m0/s1. The van der Waals surface area contributed by atoms with Gasteiger partial charge in [-0.2, -0.15) is 23.0 Å². The van der Waals surface area contributed by atoms with Crippen molar-refractivity contribution >= 4 is 29.1 Å². The summed E-state index contributed by atoms with van der Waals surface area (Å²) in [6.07, 6.45) is -2.75. The second kappa shape index (κ2) is 8.87. The quantitative estimate of drug-likeness (QED) is 0.474. The van der Waals surface area contributed by atoms with Crippen molar-refractivity contribution in [2.45, 2.75) is 31.5 Å². The lowest BCUT2D eigenvalue weighted by atomic mass is 10.1. The Balaban J connectivity index is 1.47. The van der Waals surface area contributed by atoms with E-state index in [0.29, 0.717) is 12.1 Å². The monoisotopic (exact) mass is 514 g/mol. The van der Waals surface area contributed by atoms with E-state index in [1.54, 1.807) is 0 Å². The van der Waals surface area contributed by atoms with E-state index in [0.717, 1.165) is 6.07 Å². The fourth-order valence-electron chi connectivity index (χ4n) is 3.26. The lowest BCUT2D eigenvalue weighted by Crippen LogP contribution is -2.29. The van der Waals surface area contributed by atoms with Gasteiger partial charge in [0, 0.05) is 17.0 Å². The van der Waals surface area contributed by atoms with Gasteiger partial charge in [0.25, 0.3) is 11.8 Å². The molecule has 1 aliphatic rings. The zero-order chi connectivity index (χ0) is 25.5. The maximum Gasteiger partial charge on any atom is 0.416 e. The molecule has 0 aliphatic heterocycles. The Bertz CT molecular complexity index is 1280. The normalized spacial score (nSPS) is 17.5. The molecule has 0 radical (unpaired) electrons. The zero-order valence-corrected chi connectivity index (χ0v) is 18.5. The van der Waals surface area contributed by atoms with E-state index in [-0.39, 0.29) is 27.9 Å². The Labute approximate surface area is 199 Å². The summed E-state index contributed by atoms with van der Waals surface area (Å²) in [4.78, 5) is 32.6. The number of carbonyl (C=O) groups excluding carboxylic acids is 2. The molecule has 184 valence electrons. The van der Waals surface area contributed by atoms with Gasteiger partial charge in [-0.3, -0.25) is 9.59 Å². The predicted molar refractivity (Wildman–Crippen MR) is 113 cm³/mol. The number of anilines is 1. The maximum absolute atomic E-state index is 13.0. The van der Waals surface area contributed by atoms with Crippen molar-refractivity contribution in [1.29, 1.82) is 0 Å². The van der Waals surface area contributed by atoms with Crippen LogP contribution in [0.4, 0.5) is 27.6 Å². The molecule has 1 fully saturated rings. The number of alkyl halides is 5. The summed E-state index contributed by atoms with van der Waals surface area (Å²) in [5.74, 6) is -5.54. The van der Waals surface area contributed by atoms with Gasteiger partial charge in [-0.05, 0) is 37.3 Å². The number of amides is 2. The second-order valence-electron chi connectivity index (χ2n) is 7.86. The topological polar surface area (TPSA) is 102 Å². The molecule has 0 saturated heterocycles. The number of aromatic nitrogens is 4. The van der Waals surface area contributed by atoms with Gasteiger partial charge in [-0.25, -0.2) is 18.7 Å². The van der Waals surface area contributed by atoms with E-state index in [9.17, 15) is 31.5 Å². The van der Waals surface area contributed by atoms with Crippen LogP contribution in [0, 0.1) is 5.92 Å². The minimum atomic E-state index is -4.68. The van der Waals surface area contributed by atoms with Crippen molar-refractivity contribution in [3.63, 3.8) is 0 Å². The minimum Gasteiger partial charge on any atom is -0.342 e. The molecule has 1 unspecified atom stereocenters. The van der Waals surface area contributed by atoms with Crippen molar-refractivity contribution in [3.05, 3.63) is 64.8 Å². The van der Waals surface area contributed by atoms with Gasteiger partial charge in [0.05, 0.1) is 23.5 Å². The number of carbonyl (C=O) groups is 2. The Hall–Kier alpha value is -3.61. The Kier molecular flexibility index (Phi) is 6.21. The molecule has 1 saturated carbocycles. The number of hydrogen-bond donors (Lipinski definition) is 2. The van der Waals surface area contributed by atoms with Crippen LogP contribution >= 0.6 is 11.6 Å². The van der Waals surface area contributed by atoms with Gasteiger partial charge >= 0.3 is 6.18 Å². The number of hydrogen-bond acceptors (Lipinski definition) is 5. The third-order valence-electron chi connectivity index (χ3n) is 5.17. The first-order chi connectivity index (χ1) is 16.3. The highest BCUT2D eigenvalue weighted by Gasteiger charge is 2.61. The molecule has 2 amide bonds. The largest absolute Gasteiger partial charge is 0.416 e. The van der Waals surface area contributed by atoms with Crippen LogP contribution in [0.5, 0.6) is 0 Å². The van der Waals surface area contributed by atoms with Crippen LogP contribution in [-0.2, 0) is 11.0 Å². The van der Waals surface area contributed by atoms with Crippen LogP contribution in [-0.4, -0.2) is 37.5 Å². The molecule has 1 aromatic carbocycles. The van der Waals surface area contributed by atoms with Gasteiger partial charge in [0.1, 0.15) is 12.2 Å². The highest BCUT2D eigenvalue weighted by Crippen LogP contribution is 2.49. The minimum absolute atomic E-state index is 0.200. The maximum atomic E-state index is 13.0. The lowest BCUT2D eigenvalue weighted by Gasteiger charge is -2.15. The molecule has 2 aromatic heterocycles. The van der Waals surface area contributed by atoms with E-state index in [4.69, 9.17) is 11.6 Å². The van der Waals surface area contributed by atoms with Gasteiger partial charge in [0.15, 0.2) is 11.6 Å². The number of rotatable bonds is 6. The summed E-state index contributed by atoms with van der Waals surface area (Å²) in [5, 5.41) is 8.68. The van der Waals surface area contributed by atoms with Crippen molar-refractivity contribution < 1.29 is 31.5 Å². The molecule has 35 heavy (non-hydrogen) atoms. The zero-order valence-electron chi connectivity index (χ0n) is 17.8. The van der Waals surface area contributed by atoms with E-state index < -0.39 is 47.9 Å². The molecule has 8 nitrogen and oxygen atoms in total. The van der Waals surface area contributed by atoms with Gasteiger partial charge in [-0.15, -0.1) is 0 Å². The van der Waals surface area contributed by atoms with Crippen molar-refractivity contribution in [1.82, 2.24) is 25.1 Å². The molecule has 2 N–H and O–H groups in total. The fourth-order valence-corrected chi connectivity index (χ4v) is 3.50. The molecular formula is C21H16ClF5N6O2. The molecule has 0 bridgehead atoms. The number of nitrogens with zero attached hydrogens (tertiary/aromatic N) is 4.